The summed E-state index contributed by atoms with van der Waals surface area (Å²) in [6.45, 7) is 0.260. The Morgan fingerprint density at radius 2 is 1.94 bits per heavy atom. The number of nitrogens with zero attached hydrogens (tertiary/aromatic N) is 2. The van der Waals surface area contributed by atoms with Crippen molar-refractivity contribution in [3.63, 3.8) is 0 Å². The molecule has 0 bridgehead atoms. The van der Waals surface area contributed by atoms with E-state index in [1.807, 2.05) is 0 Å². The summed E-state index contributed by atoms with van der Waals surface area (Å²) in [6, 6.07) is 6.97. The number of halogens is 3. The molecule has 0 atom stereocenters. The zero-order chi connectivity index (χ0) is 12.3. The Labute approximate surface area is 113 Å². The van der Waals surface area contributed by atoms with Crippen molar-refractivity contribution in [2.75, 3.05) is 0 Å². The summed E-state index contributed by atoms with van der Waals surface area (Å²) >= 11 is 17.5. The molecule has 0 amide bonds. The molecule has 0 saturated carbocycles. The van der Waals surface area contributed by atoms with Gasteiger partial charge in [0.2, 0.25) is 0 Å². The first-order chi connectivity index (χ1) is 8.15. The average molecular weight is 290 g/mol. The first-order valence-corrected chi connectivity index (χ1v) is 5.84. The number of hydrogen-bond donors (Lipinski definition) is 0. The van der Waals surface area contributed by atoms with Gasteiger partial charge in [-0.05, 0) is 18.2 Å². The molecule has 2 aromatic rings. The maximum Gasteiger partial charge on any atom is 0.318 e. The zero-order valence-corrected chi connectivity index (χ0v) is 10.8. The van der Waals surface area contributed by atoms with Crippen molar-refractivity contribution in [2.24, 2.45) is 0 Å². The fraction of sp³-hybridized carbons (Fsp3) is 0.0909. The minimum absolute atomic E-state index is 0.212. The van der Waals surface area contributed by atoms with Gasteiger partial charge in [-0.15, -0.1) is 0 Å². The Morgan fingerprint density at radius 1 is 1.12 bits per heavy atom. The van der Waals surface area contributed by atoms with Gasteiger partial charge >= 0.3 is 6.01 Å². The first kappa shape index (κ1) is 12.4. The predicted molar refractivity (Wildman–Crippen MR) is 67.8 cm³/mol. The lowest BCUT2D eigenvalue weighted by atomic mass is 10.2. The van der Waals surface area contributed by atoms with Crippen molar-refractivity contribution in [1.29, 1.82) is 0 Å². The highest BCUT2D eigenvalue weighted by molar-refractivity contribution is 6.35. The largest absolute Gasteiger partial charge is 0.458 e. The summed E-state index contributed by atoms with van der Waals surface area (Å²) in [5.41, 5.74) is 0.805. The van der Waals surface area contributed by atoms with Crippen molar-refractivity contribution in [3.05, 3.63) is 51.2 Å². The highest BCUT2D eigenvalue weighted by Crippen LogP contribution is 2.22. The number of ether oxygens (including phenoxy) is 1. The van der Waals surface area contributed by atoms with Crippen LogP contribution in [0.3, 0.4) is 0 Å². The Kier molecular flexibility index (Phi) is 4.05. The van der Waals surface area contributed by atoms with Crippen LogP contribution in [-0.4, -0.2) is 9.97 Å². The molecule has 6 heteroatoms. The van der Waals surface area contributed by atoms with Crippen LogP contribution in [0.25, 0.3) is 0 Å². The van der Waals surface area contributed by atoms with Crippen LogP contribution < -0.4 is 4.74 Å². The van der Waals surface area contributed by atoms with E-state index in [4.69, 9.17) is 39.5 Å². The monoisotopic (exact) mass is 288 g/mol. The Bertz CT molecular complexity index is 534. The standard InChI is InChI=1S/C11H7Cl3N2O/c12-8-2-1-7(9(13)5-8)6-17-11-15-4-3-10(14)16-11/h1-5H,6H2. The van der Waals surface area contributed by atoms with Gasteiger partial charge in [0.05, 0.1) is 0 Å². The molecule has 0 aliphatic rings. The van der Waals surface area contributed by atoms with Crippen molar-refractivity contribution >= 4 is 34.8 Å². The third-order valence-corrected chi connectivity index (χ3v) is 2.77. The number of rotatable bonds is 3. The van der Waals surface area contributed by atoms with E-state index >= 15 is 0 Å². The van der Waals surface area contributed by atoms with Gasteiger partial charge in [0.25, 0.3) is 0 Å². The molecular weight excluding hydrogens is 282 g/mol. The van der Waals surface area contributed by atoms with Crippen molar-refractivity contribution in [3.8, 4) is 6.01 Å². The summed E-state index contributed by atoms with van der Waals surface area (Å²) in [6.07, 6.45) is 1.52. The Morgan fingerprint density at radius 3 is 2.65 bits per heavy atom. The van der Waals surface area contributed by atoms with E-state index < -0.39 is 0 Å². The van der Waals surface area contributed by atoms with E-state index in [0.717, 1.165) is 5.56 Å². The second-order valence-electron chi connectivity index (χ2n) is 3.19. The summed E-state index contributed by atoms with van der Waals surface area (Å²) in [4.78, 5) is 7.81. The second-order valence-corrected chi connectivity index (χ2v) is 4.42. The summed E-state index contributed by atoms with van der Waals surface area (Å²) in [5.74, 6) is 0. The molecule has 1 aromatic heterocycles. The molecule has 0 saturated heterocycles. The molecule has 1 heterocycles. The van der Waals surface area contributed by atoms with Crippen LogP contribution >= 0.6 is 34.8 Å². The molecule has 0 aliphatic heterocycles. The van der Waals surface area contributed by atoms with Crippen LogP contribution in [0.1, 0.15) is 5.56 Å². The maximum atomic E-state index is 6.00. The van der Waals surface area contributed by atoms with E-state index in [-0.39, 0.29) is 12.6 Å². The molecule has 0 radical (unpaired) electrons. The SMILES string of the molecule is Clc1ccc(COc2nccc(Cl)n2)c(Cl)c1. The minimum atomic E-state index is 0.212. The third-order valence-electron chi connectivity index (χ3n) is 1.97. The smallest absolute Gasteiger partial charge is 0.318 e. The van der Waals surface area contributed by atoms with Crippen LogP contribution in [-0.2, 0) is 6.61 Å². The fourth-order valence-corrected chi connectivity index (χ4v) is 1.76. The highest BCUT2D eigenvalue weighted by atomic mass is 35.5. The van der Waals surface area contributed by atoms with Crippen LogP contribution in [0.5, 0.6) is 6.01 Å². The molecule has 0 spiro atoms. The predicted octanol–water partition coefficient (Wildman–Crippen LogP) is 4.02. The van der Waals surface area contributed by atoms with Crippen LogP contribution in [0.4, 0.5) is 0 Å². The summed E-state index contributed by atoms with van der Waals surface area (Å²) < 4.78 is 5.36. The molecule has 1 aromatic carbocycles. The molecule has 0 N–H and O–H groups in total. The first-order valence-electron chi connectivity index (χ1n) is 4.70. The Hall–Kier alpha value is -1.03. The fourth-order valence-electron chi connectivity index (χ4n) is 1.17. The molecule has 0 unspecified atom stereocenters. The summed E-state index contributed by atoms with van der Waals surface area (Å²) in [7, 11) is 0. The minimum Gasteiger partial charge on any atom is -0.458 e. The average Bonchev–Trinajstić information content (AvgIpc) is 2.28. The van der Waals surface area contributed by atoms with Gasteiger partial charge < -0.3 is 4.74 Å². The van der Waals surface area contributed by atoms with Gasteiger partial charge in [0.15, 0.2) is 0 Å². The number of hydrogen-bond acceptors (Lipinski definition) is 3. The second kappa shape index (κ2) is 5.54. The van der Waals surface area contributed by atoms with E-state index in [1.54, 1.807) is 24.3 Å². The van der Waals surface area contributed by atoms with E-state index in [9.17, 15) is 0 Å². The van der Waals surface area contributed by atoms with Gasteiger partial charge in [-0.2, -0.15) is 4.98 Å². The van der Waals surface area contributed by atoms with Gasteiger partial charge in [-0.25, -0.2) is 4.98 Å². The maximum absolute atomic E-state index is 6.00. The number of benzene rings is 1. The van der Waals surface area contributed by atoms with Gasteiger partial charge in [0, 0.05) is 21.8 Å². The lowest BCUT2D eigenvalue weighted by Gasteiger charge is -2.06. The third kappa shape index (κ3) is 3.46. The van der Waals surface area contributed by atoms with Crippen LogP contribution in [0, 0.1) is 0 Å². The van der Waals surface area contributed by atoms with Gasteiger partial charge in [0.1, 0.15) is 11.8 Å². The van der Waals surface area contributed by atoms with E-state index in [2.05, 4.69) is 9.97 Å². The van der Waals surface area contributed by atoms with Crippen molar-refractivity contribution < 1.29 is 4.74 Å². The molecule has 3 nitrogen and oxygen atoms in total. The molecule has 88 valence electrons. The zero-order valence-electron chi connectivity index (χ0n) is 8.53. The van der Waals surface area contributed by atoms with Gasteiger partial charge in [-0.3, -0.25) is 0 Å². The lowest BCUT2D eigenvalue weighted by molar-refractivity contribution is 0.281. The Balaban J connectivity index is 2.07. The van der Waals surface area contributed by atoms with E-state index in [0.29, 0.717) is 15.2 Å². The van der Waals surface area contributed by atoms with Gasteiger partial charge in [-0.1, -0.05) is 40.9 Å². The highest BCUT2D eigenvalue weighted by Gasteiger charge is 2.04. The normalized spacial score (nSPS) is 10.3. The molecule has 0 aliphatic carbocycles. The molecule has 17 heavy (non-hydrogen) atoms. The number of aromatic nitrogens is 2. The van der Waals surface area contributed by atoms with Crippen molar-refractivity contribution in [1.82, 2.24) is 9.97 Å². The van der Waals surface area contributed by atoms with Crippen LogP contribution in [0.15, 0.2) is 30.5 Å². The quantitative estimate of drug-likeness (QED) is 0.801. The van der Waals surface area contributed by atoms with E-state index in [1.165, 1.54) is 6.20 Å². The molecule has 0 fully saturated rings. The van der Waals surface area contributed by atoms with Crippen LogP contribution in [0.2, 0.25) is 15.2 Å². The topological polar surface area (TPSA) is 35.0 Å². The molecular formula is C11H7Cl3N2O. The lowest BCUT2D eigenvalue weighted by Crippen LogP contribution is -1.99. The summed E-state index contributed by atoms with van der Waals surface area (Å²) in [5, 5.41) is 1.45. The van der Waals surface area contributed by atoms with Crippen molar-refractivity contribution in [2.45, 2.75) is 6.61 Å². The molecule has 2 rings (SSSR count).